The van der Waals surface area contributed by atoms with Crippen molar-refractivity contribution in [1.29, 1.82) is 0 Å². The summed E-state index contributed by atoms with van der Waals surface area (Å²) in [5.74, 6) is 2.40. The van der Waals surface area contributed by atoms with Gasteiger partial charge in [0.05, 0.1) is 0 Å². The Bertz CT molecular complexity index is 546. The summed E-state index contributed by atoms with van der Waals surface area (Å²) in [5, 5.41) is 9.28. The summed E-state index contributed by atoms with van der Waals surface area (Å²) < 4.78 is 2.08. The van der Waals surface area contributed by atoms with Crippen molar-refractivity contribution in [3.8, 4) is 0 Å². The zero-order valence-electron chi connectivity index (χ0n) is 12.3. The monoisotopic (exact) mass is 290 g/mol. The van der Waals surface area contributed by atoms with Gasteiger partial charge in [0.2, 0.25) is 0 Å². The first kappa shape index (κ1) is 15.1. The smallest absolute Gasteiger partial charge is 0.191 e. The molecular formula is C15H22N4S. The van der Waals surface area contributed by atoms with E-state index in [1.165, 1.54) is 11.1 Å². The lowest BCUT2D eigenvalue weighted by Crippen LogP contribution is -2.12. The number of aromatic nitrogens is 3. The van der Waals surface area contributed by atoms with Crippen molar-refractivity contribution in [2.75, 3.05) is 6.54 Å². The topological polar surface area (TPSA) is 56.7 Å². The van der Waals surface area contributed by atoms with Gasteiger partial charge in [0.1, 0.15) is 5.82 Å². The minimum Gasteiger partial charge on any atom is -0.329 e. The quantitative estimate of drug-likeness (QED) is 0.831. The van der Waals surface area contributed by atoms with E-state index in [4.69, 9.17) is 5.73 Å². The van der Waals surface area contributed by atoms with E-state index in [2.05, 4.69) is 52.9 Å². The summed E-state index contributed by atoms with van der Waals surface area (Å²) >= 11 is 1.71. The van der Waals surface area contributed by atoms with Crippen molar-refractivity contribution in [2.24, 2.45) is 5.73 Å². The van der Waals surface area contributed by atoms with Crippen LogP contribution in [-0.4, -0.2) is 21.3 Å². The number of hydrogen-bond donors (Lipinski definition) is 1. The third kappa shape index (κ3) is 3.61. The summed E-state index contributed by atoms with van der Waals surface area (Å²) in [5.41, 5.74) is 8.30. The third-order valence-corrected chi connectivity index (χ3v) is 4.31. The van der Waals surface area contributed by atoms with E-state index in [1.807, 2.05) is 6.92 Å². The van der Waals surface area contributed by atoms with Crippen LogP contribution < -0.4 is 5.73 Å². The molecule has 0 aliphatic carbocycles. The predicted octanol–water partition coefficient (Wildman–Crippen LogP) is 2.96. The first-order valence-electron chi connectivity index (χ1n) is 6.93. The van der Waals surface area contributed by atoms with Crippen LogP contribution in [0.5, 0.6) is 0 Å². The second-order valence-electron chi connectivity index (χ2n) is 5.16. The number of rotatable bonds is 6. The van der Waals surface area contributed by atoms with Gasteiger partial charge < -0.3 is 10.3 Å². The summed E-state index contributed by atoms with van der Waals surface area (Å²) in [7, 11) is 0. The maximum absolute atomic E-state index is 5.62. The van der Waals surface area contributed by atoms with Gasteiger partial charge >= 0.3 is 0 Å². The standard InChI is InChI=1S/C15H22N4S/c1-11(2)14-6-4-13(5-7-14)10-20-15-18-17-12(3)19(15)9-8-16/h4-7,11H,8-10,16H2,1-3H3. The Kier molecular flexibility index (Phi) is 5.20. The molecule has 20 heavy (non-hydrogen) atoms. The first-order chi connectivity index (χ1) is 9.61. The van der Waals surface area contributed by atoms with Crippen molar-refractivity contribution in [2.45, 2.75) is 44.1 Å². The Morgan fingerprint density at radius 1 is 1.20 bits per heavy atom. The van der Waals surface area contributed by atoms with Crippen LogP contribution in [0.4, 0.5) is 0 Å². The van der Waals surface area contributed by atoms with Gasteiger partial charge in [0, 0.05) is 18.8 Å². The van der Waals surface area contributed by atoms with Crippen molar-refractivity contribution >= 4 is 11.8 Å². The maximum atomic E-state index is 5.62. The molecule has 4 nitrogen and oxygen atoms in total. The molecule has 0 saturated heterocycles. The summed E-state index contributed by atoms with van der Waals surface area (Å²) in [6, 6.07) is 8.80. The lowest BCUT2D eigenvalue weighted by molar-refractivity contribution is 0.627. The zero-order valence-corrected chi connectivity index (χ0v) is 13.2. The molecule has 0 aliphatic rings. The largest absolute Gasteiger partial charge is 0.329 e. The van der Waals surface area contributed by atoms with Crippen LogP contribution in [0.1, 0.15) is 36.7 Å². The number of benzene rings is 1. The summed E-state index contributed by atoms with van der Waals surface area (Å²) in [6.45, 7) is 7.76. The van der Waals surface area contributed by atoms with Crippen LogP contribution in [0.25, 0.3) is 0 Å². The molecule has 1 aromatic carbocycles. The molecule has 0 aliphatic heterocycles. The molecule has 2 rings (SSSR count). The predicted molar refractivity (Wildman–Crippen MR) is 83.9 cm³/mol. The fourth-order valence-electron chi connectivity index (χ4n) is 2.00. The Hall–Kier alpha value is -1.33. The molecule has 0 radical (unpaired) electrons. The minimum absolute atomic E-state index is 0.576. The molecule has 2 aromatic rings. The molecule has 108 valence electrons. The number of aryl methyl sites for hydroxylation is 1. The molecule has 0 saturated carbocycles. The normalized spacial score (nSPS) is 11.2. The van der Waals surface area contributed by atoms with Crippen LogP contribution in [0.15, 0.2) is 29.4 Å². The van der Waals surface area contributed by atoms with Crippen LogP contribution in [0.3, 0.4) is 0 Å². The second-order valence-corrected chi connectivity index (χ2v) is 6.10. The average Bonchev–Trinajstić information content (AvgIpc) is 2.79. The molecular weight excluding hydrogens is 268 g/mol. The van der Waals surface area contributed by atoms with Gasteiger partial charge in [-0.15, -0.1) is 10.2 Å². The first-order valence-corrected chi connectivity index (χ1v) is 7.92. The van der Waals surface area contributed by atoms with Crippen molar-refractivity contribution in [3.63, 3.8) is 0 Å². The molecule has 0 atom stereocenters. The molecule has 2 N–H and O–H groups in total. The maximum Gasteiger partial charge on any atom is 0.191 e. The Morgan fingerprint density at radius 3 is 2.50 bits per heavy atom. The molecule has 0 bridgehead atoms. The van der Waals surface area contributed by atoms with Crippen molar-refractivity contribution < 1.29 is 0 Å². The Labute approximate surface area is 124 Å². The Morgan fingerprint density at radius 2 is 1.90 bits per heavy atom. The van der Waals surface area contributed by atoms with Crippen LogP contribution in [0, 0.1) is 6.92 Å². The number of nitrogens with zero attached hydrogens (tertiary/aromatic N) is 3. The van der Waals surface area contributed by atoms with E-state index in [0.29, 0.717) is 12.5 Å². The fraction of sp³-hybridized carbons (Fsp3) is 0.467. The van der Waals surface area contributed by atoms with Crippen LogP contribution in [-0.2, 0) is 12.3 Å². The lowest BCUT2D eigenvalue weighted by Gasteiger charge is -2.08. The van der Waals surface area contributed by atoms with Gasteiger partial charge in [-0.2, -0.15) is 0 Å². The second kappa shape index (κ2) is 6.90. The molecule has 0 amide bonds. The number of thioether (sulfide) groups is 1. The fourth-order valence-corrected chi connectivity index (χ4v) is 2.97. The molecule has 1 heterocycles. The lowest BCUT2D eigenvalue weighted by atomic mass is 10.0. The Balaban J connectivity index is 2.01. The molecule has 0 spiro atoms. The van der Waals surface area contributed by atoms with E-state index in [-0.39, 0.29) is 0 Å². The highest BCUT2D eigenvalue weighted by atomic mass is 32.2. The van der Waals surface area contributed by atoms with Crippen molar-refractivity contribution in [1.82, 2.24) is 14.8 Å². The van der Waals surface area contributed by atoms with E-state index in [9.17, 15) is 0 Å². The summed E-state index contributed by atoms with van der Waals surface area (Å²) in [6.07, 6.45) is 0. The number of nitrogens with two attached hydrogens (primary N) is 1. The molecule has 5 heteroatoms. The number of hydrogen-bond acceptors (Lipinski definition) is 4. The highest BCUT2D eigenvalue weighted by molar-refractivity contribution is 7.98. The molecule has 0 unspecified atom stereocenters. The SMILES string of the molecule is Cc1nnc(SCc2ccc(C(C)C)cc2)n1CCN. The minimum atomic E-state index is 0.576. The van der Waals surface area contributed by atoms with Gasteiger partial charge in [0.25, 0.3) is 0 Å². The van der Waals surface area contributed by atoms with Gasteiger partial charge in [-0.3, -0.25) is 0 Å². The van der Waals surface area contributed by atoms with Crippen LogP contribution >= 0.6 is 11.8 Å². The van der Waals surface area contributed by atoms with E-state index in [0.717, 1.165) is 23.3 Å². The van der Waals surface area contributed by atoms with Crippen LogP contribution in [0.2, 0.25) is 0 Å². The van der Waals surface area contributed by atoms with E-state index >= 15 is 0 Å². The molecule has 1 aromatic heterocycles. The average molecular weight is 290 g/mol. The third-order valence-electron chi connectivity index (χ3n) is 3.27. The molecule has 0 fully saturated rings. The van der Waals surface area contributed by atoms with E-state index < -0.39 is 0 Å². The van der Waals surface area contributed by atoms with Gasteiger partial charge in [-0.1, -0.05) is 49.9 Å². The van der Waals surface area contributed by atoms with Gasteiger partial charge in [-0.05, 0) is 24.0 Å². The van der Waals surface area contributed by atoms with E-state index in [1.54, 1.807) is 11.8 Å². The highest BCUT2D eigenvalue weighted by Crippen LogP contribution is 2.23. The van der Waals surface area contributed by atoms with Gasteiger partial charge in [-0.25, -0.2) is 0 Å². The highest BCUT2D eigenvalue weighted by Gasteiger charge is 2.09. The van der Waals surface area contributed by atoms with Crippen molar-refractivity contribution in [3.05, 3.63) is 41.2 Å². The summed E-state index contributed by atoms with van der Waals surface area (Å²) in [4.78, 5) is 0. The van der Waals surface area contributed by atoms with Gasteiger partial charge in [0.15, 0.2) is 5.16 Å². The zero-order chi connectivity index (χ0) is 14.5.